The van der Waals surface area contributed by atoms with E-state index in [1.165, 1.54) is 22.8 Å². The summed E-state index contributed by atoms with van der Waals surface area (Å²) in [5, 5.41) is 2.44. The summed E-state index contributed by atoms with van der Waals surface area (Å²) < 4.78 is 0. The Morgan fingerprint density at radius 3 is 2.52 bits per heavy atom. The monoisotopic (exact) mass is 354 g/mol. The minimum absolute atomic E-state index is 0.0670. The molecule has 3 rings (SSSR count). The van der Waals surface area contributed by atoms with E-state index in [4.69, 9.17) is 12.2 Å². The largest absolute Gasteiger partial charge is 0.350 e. The molecule has 0 N–H and O–H groups in total. The molecule has 2 aromatic carbocycles. The minimum Gasteiger partial charge on any atom is -0.350 e. The number of fused-ring (bicyclic) bond motifs is 1. The molecule has 0 saturated carbocycles. The van der Waals surface area contributed by atoms with E-state index in [-0.39, 0.29) is 11.9 Å². The first kappa shape index (κ1) is 17.9. The number of hydrogen-bond donors (Lipinski definition) is 0. The summed E-state index contributed by atoms with van der Waals surface area (Å²) in [6.07, 6.45) is 3.45. The fourth-order valence-corrected chi connectivity index (χ4v) is 3.92. The fraction of sp³-hybridized carbons (Fsp3) is 0.429. The summed E-state index contributed by atoms with van der Waals surface area (Å²) in [6, 6.07) is 14.8. The van der Waals surface area contributed by atoms with Crippen molar-refractivity contribution < 1.29 is 4.79 Å². The van der Waals surface area contributed by atoms with Crippen molar-refractivity contribution >= 4 is 33.9 Å². The third kappa shape index (κ3) is 4.01. The van der Waals surface area contributed by atoms with E-state index >= 15 is 0 Å². The Hall–Kier alpha value is -1.94. The number of carbonyl (C=O) groups excluding carboxylic acids is 1. The van der Waals surface area contributed by atoms with Crippen molar-refractivity contribution in [3.63, 3.8) is 0 Å². The molecule has 25 heavy (non-hydrogen) atoms. The lowest BCUT2D eigenvalue weighted by Crippen LogP contribution is -2.44. The molecule has 1 saturated heterocycles. The van der Waals surface area contributed by atoms with Crippen molar-refractivity contribution in [2.24, 2.45) is 0 Å². The van der Waals surface area contributed by atoms with Crippen LogP contribution < -0.4 is 0 Å². The molecule has 0 aromatic heterocycles. The number of likely N-dealkylation sites (tertiary alicyclic amines) is 1. The van der Waals surface area contributed by atoms with Crippen LogP contribution in [0, 0.1) is 0 Å². The lowest BCUT2D eigenvalue weighted by Gasteiger charge is -2.34. The number of amides is 1. The van der Waals surface area contributed by atoms with Crippen LogP contribution in [0.2, 0.25) is 0 Å². The van der Waals surface area contributed by atoms with Crippen LogP contribution in [0.25, 0.3) is 10.8 Å². The van der Waals surface area contributed by atoms with Gasteiger partial charge in [0.25, 0.3) is 0 Å². The Balaban J connectivity index is 1.84. The van der Waals surface area contributed by atoms with Crippen LogP contribution >= 0.6 is 12.2 Å². The second-order valence-electron chi connectivity index (χ2n) is 6.83. The average Bonchev–Trinajstić information content (AvgIpc) is 2.65. The maximum atomic E-state index is 12.7. The molecule has 0 radical (unpaired) electrons. The molecule has 1 heterocycles. The zero-order valence-electron chi connectivity index (χ0n) is 15.1. The molecule has 132 valence electrons. The van der Waals surface area contributed by atoms with Crippen molar-refractivity contribution in [1.82, 2.24) is 9.80 Å². The van der Waals surface area contributed by atoms with Crippen LogP contribution in [0.3, 0.4) is 0 Å². The number of benzene rings is 2. The van der Waals surface area contributed by atoms with Crippen molar-refractivity contribution in [3.05, 3.63) is 48.0 Å². The molecule has 3 nitrogen and oxygen atoms in total. The molecule has 1 aliphatic heterocycles. The van der Waals surface area contributed by atoms with Crippen LogP contribution in [-0.2, 0) is 4.79 Å². The van der Waals surface area contributed by atoms with E-state index < -0.39 is 0 Å². The molecule has 0 spiro atoms. The summed E-state index contributed by atoms with van der Waals surface area (Å²) in [5.41, 5.74) is 1.22. The average molecular weight is 355 g/mol. The second kappa shape index (κ2) is 7.96. The van der Waals surface area contributed by atoms with E-state index in [1.807, 2.05) is 11.8 Å². The van der Waals surface area contributed by atoms with Crippen LogP contribution in [0.4, 0.5) is 0 Å². The molecule has 4 heteroatoms. The highest BCUT2D eigenvalue weighted by Gasteiger charge is 2.24. The topological polar surface area (TPSA) is 23.6 Å². The van der Waals surface area contributed by atoms with Crippen LogP contribution in [0.15, 0.2) is 42.5 Å². The third-order valence-electron chi connectivity index (χ3n) is 5.16. The molecule has 1 aliphatic rings. The van der Waals surface area contributed by atoms with Gasteiger partial charge in [-0.3, -0.25) is 4.79 Å². The number of nitrogens with zero attached hydrogens (tertiary/aromatic N) is 2. The zero-order valence-corrected chi connectivity index (χ0v) is 15.9. The number of rotatable bonds is 4. The molecule has 1 amide bonds. The number of piperidine rings is 1. The lowest BCUT2D eigenvalue weighted by molar-refractivity contribution is -0.132. The Labute approximate surface area is 155 Å². The van der Waals surface area contributed by atoms with Gasteiger partial charge in [0.05, 0.1) is 17.6 Å². The Morgan fingerprint density at radius 2 is 1.80 bits per heavy atom. The summed E-state index contributed by atoms with van der Waals surface area (Å²) in [7, 11) is 0. The van der Waals surface area contributed by atoms with E-state index in [9.17, 15) is 4.79 Å². The first-order valence-corrected chi connectivity index (χ1v) is 9.51. The van der Waals surface area contributed by atoms with E-state index in [0.717, 1.165) is 30.9 Å². The summed E-state index contributed by atoms with van der Waals surface area (Å²) in [4.78, 5) is 17.6. The predicted molar refractivity (Wildman–Crippen MR) is 108 cm³/mol. The number of hydrogen-bond acceptors (Lipinski definition) is 2. The molecule has 2 aromatic rings. The normalized spacial score (nSPS) is 15.8. The highest BCUT2D eigenvalue weighted by molar-refractivity contribution is 7.80. The smallest absolute Gasteiger partial charge is 0.242 e. The summed E-state index contributed by atoms with van der Waals surface area (Å²) in [6.45, 7) is 6.18. The minimum atomic E-state index is 0.0670. The van der Waals surface area contributed by atoms with E-state index in [2.05, 4.69) is 54.3 Å². The Bertz CT molecular complexity index is 762. The molecular formula is C21H26N2OS. The number of carbonyl (C=O) groups is 1. The van der Waals surface area contributed by atoms with E-state index in [0.29, 0.717) is 6.54 Å². The predicted octanol–water partition coefficient (Wildman–Crippen LogP) is 4.56. The Morgan fingerprint density at radius 1 is 1.12 bits per heavy atom. The maximum absolute atomic E-state index is 12.7. The first-order chi connectivity index (χ1) is 12.1. The second-order valence-corrected chi connectivity index (χ2v) is 7.42. The molecule has 1 fully saturated rings. The van der Waals surface area contributed by atoms with Crippen LogP contribution in [0.1, 0.15) is 44.7 Å². The van der Waals surface area contributed by atoms with Gasteiger partial charge in [-0.25, -0.2) is 0 Å². The van der Waals surface area contributed by atoms with Gasteiger partial charge >= 0.3 is 0 Å². The Kier molecular flexibility index (Phi) is 5.69. The highest BCUT2D eigenvalue weighted by Crippen LogP contribution is 2.28. The molecular weight excluding hydrogens is 328 g/mol. The van der Waals surface area contributed by atoms with Crippen molar-refractivity contribution in [2.75, 3.05) is 19.6 Å². The van der Waals surface area contributed by atoms with Crippen molar-refractivity contribution in [2.45, 2.75) is 39.2 Å². The van der Waals surface area contributed by atoms with Gasteiger partial charge in [0.2, 0.25) is 5.91 Å². The number of thiocarbonyl (C=S) groups is 1. The maximum Gasteiger partial charge on any atom is 0.242 e. The van der Waals surface area contributed by atoms with E-state index in [1.54, 1.807) is 0 Å². The SMILES string of the molecule is CC(=S)N(CC(=O)N1CCCCC1)[C@@H](C)c1cccc2ccccc12. The third-order valence-corrected chi connectivity index (χ3v) is 5.39. The van der Waals surface area contributed by atoms with Gasteiger partial charge < -0.3 is 9.80 Å². The molecule has 1 atom stereocenters. The van der Waals surface area contributed by atoms with Crippen molar-refractivity contribution in [3.8, 4) is 0 Å². The van der Waals surface area contributed by atoms with Crippen molar-refractivity contribution in [1.29, 1.82) is 0 Å². The van der Waals surface area contributed by atoms with Gasteiger partial charge in [0.15, 0.2) is 0 Å². The first-order valence-electron chi connectivity index (χ1n) is 9.10. The van der Waals surface area contributed by atoms with Gasteiger partial charge in [-0.2, -0.15) is 0 Å². The quantitative estimate of drug-likeness (QED) is 0.752. The van der Waals surface area contributed by atoms with Gasteiger partial charge in [-0.1, -0.05) is 54.7 Å². The standard InChI is InChI=1S/C21H26N2OS/c1-16(19-12-8-10-18-9-4-5-11-20(18)19)23(17(2)25)15-21(24)22-13-6-3-7-14-22/h4-5,8-12,16H,3,6-7,13-15H2,1-2H3/t16-/m0/s1. The van der Waals surface area contributed by atoms with Crippen LogP contribution in [0.5, 0.6) is 0 Å². The van der Waals surface area contributed by atoms with Gasteiger partial charge in [0.1, 0.15) is 0 Å². The highest BCUT2D eigenvalue weighted by atomic mass is 32.1. The zero-order chi connectivity index (χ0) is 17.8. The lowest BCUT2D eigenvalue weighted by atomic mass is 9.98. The summed E-state index contributed by atoms with van der Waals surface area (Å²) in [5.74, 6) is 0.191. The van der Waals surface area contributed by atoms with Gasteiger partial charge in [-0.05, 0) is 49.4 Å². The molecule has 0 unspecified atom stereocenters. The fourth-order valence-electron chi connectivity index (χ4n) is 3.69. The summed E-state index contributed by atoms with van der Waals surface area (Å²) >= 11 is 5.49. The molecule has 0 bridgehead atoms. The van der Waals surface area contributed by atoms with Crippen LogP contribution in [-0.4, -0.2) is 40.3 Å². The van der Waals surface area contributed by atoms with Gasteiger partial charge in [-0.15, -0.1) is 0 Å². The molecule has 0 aliphatic carbocycles. The van der Waals surface area contributed by atoms with Gasteiger partial charge in [0, 0.05) is 13.1 Å².